The van der Waals surface area contributed by atoms with E-state index in [1.54, 1.807) is 6.08 Å². The first-order chi connectivity index (χ1) is 6.33. The summed E-state index contributed by atoms with van der Waals surface area (Å²) in [6, 6.07) is 10.5. The van der Waals surface area contributed by atoms with Crippen molar-refractivity contribution in [1.82, 2.24) is 0 Å². The van der Waals surface area contributed by atoms with Crippen LogP contribution in [0.25, 0.3) is 0 Å². The molecule has 1 aromatic rings. The molecule has 64 valence electrons. The van der Waals surface area contributed by atoms with Gasteiger partial charge in [0.2, 0.25) is 0 Å². The van der Waals surface area contributed by atoms with Gasteiger partial charge in [-0.05, 0) is 0 Å². The molecule has 0 heterocycles. The molecule has 0 aliphatic heterocycles. The normalized spacial score (nSPS) is 10.2. The summed E-state index contributed by atoms with van der Waals surface area (Å²) in [5.74, 6) is 0. The van der Waals surface area contributed by atoms with Gasteiger partial charge in [-0.3, -0.25) is 0 Å². The molecule has 0 unspecified atom stereocenters. The maximum absolute atomic E-state index is 4.01. The summed E-state index contributed by atoms with van der Waals surface area (Å²) in [4.78, 5) is 0. The molecule has 1 aromatic carbocycles. The molecule has 0 aliphatic carbocycles. The summed E-state index contributed by atoms with van der Waals surface area (Å²) < 4.78 is 2.65. The number of benzene rings is 1. The fraction of sp³-hybridized carbons (Fsp3) is 0. The minimum absolute atomic E-state index is 0.212. The number of hydrogen-bond donors (Lipinski definition) is 0. The van der Waals surface area contributed by atoms with Crippen molar-refractivity contribution in [3.8, 4) is 0 Å². The first-order valence-corrected chi connectivity index (χ1v) is 6.23. The second-order valence-electron chi connectivity index (χ2n) is 2.61. The molecule has 1 rings (SSSR count). The molecule has 0 amide bonds. The molecule has 2 radical (unpaired) electrons. The fourth-order valence-corrected chi connectivity index (χ4v) is 2.84. The Morgan fingerprint density at radius 3 is 2.54 bits per heavy atom. The van der Waals surface area contributed by atoms with Gasteiger partial charge in [0.25, 0.3) is 0 Å². The SMILES string of the molecule is C=C/C=C\[C](=C)[Ge][c]1ccccc1. The second kappa shape index (κ2) is 5.60. The van der Waals surface area contributed by atoms with Crippen LogP contribution in [0, 0.1) is 0 Å². The van der Waals surface area contributed by atoms with Crippen LogP contribution < -0.4 is 4.40 Å². The Morgan fingerprint density at radius 2 is 1.92 bits per heavy atom. The molecule has 0 N–H and O–H groups in total. The number of hydrogen-bond acceptors (Lipinski definition) is 0. The molecule has 0 fully saturated rings. The minimum atomic E-state index is -0.212. The Balaban J connectivity index is 2.55. The van der Waals surface area contributed by atoms with Gasteiger partial charge in [-0.2, -0.15) is 0 Å². The zero-order chi connectivity index (χ0) is 9.52. The van der Waals surface area contributed by atoms with Crippen molar-refractivity contribution in [1.29, 1.82) is 0 Å². The van der Waals surface area contributed by atoms with E-state index in [-0.39, 0.29) is 15.4 Å². The van der Waals surface area contributed by atoms with E-state index in [4.69, 9.17) is 0 Å². The van der Waals surface area contributed by atoms with E-state index in [1.165, 1.54) is 8.80 Å². The van der Waals surface area contributed by atoms with Gasteiger partial charge < -0.3 is 0 Å². The molecule has 0 aliphatic rings. The molecule has 0 atom stereocenters. The van der Waals surface area contributed by atoms with Gasteiger partial charge in [0.15, 0.2) is 0 Å². The van der Waals surface area contributed by atoms with Crippen LogP contribution in [0.5, 0.6) is 0 Å². The van der Waals surface area contributed by atoms with Gasteiger partial charge in [-0.15, -0.1) is 0 Å². The quantitative estimate of drug-likeness (QED) is 0.548. The zero-order valence-corrected chi connectivity index (χ0v) is 9.63. The average Bonchev–Trinajstić information content (AvgIpc) is 2.16. The van der Waals surface area contributed by atoms with Crippen molar-refractivity contribution in [2.24, 2.45) is 0 Å². The van der Waals surface area contributed by atoms with Crippen LogP contribution in [-0.4, -0.2) is 15.4 Å². The third-order valence-corrected chi connectivity index (χ3v) is 3.84. The molecule has 0 nitrogen and oxygen atoms in total. The molecule has 0 saturated heterocycles. The Bertz CT molecular complexity index is 309. The summed E-state index contributed by atoms with van der Waals surface area (Å²) in [5, 5.41) is 0. The standard InChI is InChI=1S/C12H12Ge/c1-3-4-8-11(2)13-12-9-6-5-7-10-12/h3-10H,1-2H2/b8-4-. The van der Waals surface area contributed by atoms with Crippen molar-refractivity contribution in [2.75, 3.05) is 0 Å². The monoisotopic (exact) mass is 230 g/mol. The van der Waals surface area contributed by atoms with E-state index in [2.05, 4.69) is 37.4 Å². The number of allylic oxidation sites excluding steroid dienone is 4. The average molecular weight is 229 g/mol. The summed E-state index contributed by atoms with van der Waals surface area (Å²) in [7, 11) is 0. The Hall–Kier alpha value is -1.02. The molecule has 0 saturated carbocycles. The van der Waals surface area contributed by atoms with Gasteiger partial charge in [-0.25, -0.2) is 0 Å². The molecular weight excluding hydrogens is 217 g/mol. The van der Waals surface area contributed by atoms with Crippen LogP contribution >= 0.6 is 0 Å². The maximum atomic E-state index is 4.01. The van der Waals surface area contributed by atoms with Crippen molar-refractivity contribution < 1.29 is 0 Å². The Morgan fingerprint density at radius 1 is 1.23 bits per heavy atom. The molecule has 0 spiro atoms. The summed E-state index contributed by atoms with van der Waals surface area (Å²) in [5.41, 5.74) is 0. The van der Waals surface area contributed by atoms with Crippen molar-refractivity contribution in [2.45, 2.75) is 0 Å². The Labute approximate surface area is 86.1 Å². The summed E-state index contributed by atoms with van der Waals surface area (Å²) >= 11 is -0.212. The third kappa shape index (κ3) is 3.95. The molecular formula is C12H12Ge. The van der Waals surface area contributed by atoms with Crippen LogP contribution in [0.4, 0.5) is 0 Å². The number of rotatable bonds is 4. The van der Waals surface area contributed by atoms with Crippen molar-refractivity contribution in [3.63, 3.8) is 0 Å². The predicted molar refractivity (Wildman–Crippen MR) is 60.3 cm³/mol. The fourth-order valence-electron chi connectivity index (χ4n) is 0.933. The van der Waals surface area contributed by atoms with E-state index in [0.29, 0.717) is 0 Å². The van der Waals surface area contributed by atoms with Crippen molar-refractivity contribution in [3.05, 3.63) is 66.1 Å². The molecule has 1 heteroatoms. The zero-order valence-electron chi connectivity index (χ0n) is 7.53. The molecule has 0 bridgehead atoms. The van der Waals surface area contributed by atoms with E-state index in [9.17, 15) is 0 Å². The molecule has 13 heavy (non-hydrogen) atoms. The van der Waals surface area contributed by atoms with Gasteiger partial charge in [0.05, 0.1) is 0 Å². The third-order valence-electron chi connectivity index (χ3n) is 1.51. The predicted octanol–water partition coefficient (Wildman–Crippen LogP) is 2.27. The Kier molecular flexibility index (Phi) is 4.33. The second-order valence-corrected chi connectivity index (χ2v) is 5.69. The van der Waals surface area contributed by atoms with Gasteiger partial charge >= 0.3 is 86.0 Å². The first-order valence-electron chi connectivity index (χ1n) is 4.13. The van der Waals surface area contributed by atoms with Crippen LogP contribution in [0.3, 0.4) is 0 Å². The van der Waals surface area contributed by atoms with Gasteiger partial charge in [0, 0.05) is 0 Å². The van der Waals surface area contributed by atoms with Crippen LogP contribution in [0.1, 0.15) is 0 Å². The van der Waals surface area contributed by atoms with Crippen LogP contribution in [0.2, 0.25) is 0 Å². The van der Waals surface area contributed by atoms with E-state index >= 15 is 0 Å². The van der Waals surface area contributed by atoms with E-state index < -0.39 is 0 Å². The van der Waals surface area contributed by atoms with Gasteiger partial charge in [0.1, 0.15) is 0 Å². The summed E-state index contributed by atoms with van der Waals surface area (Å²) in [6.45, 7) is 7.63. The first kappa shape index (κ1) is 10.1. The van der Waals surface area contributed by atoms with Gasteiger partial charge in [-0.1, -0.05) is 0 Å². The topological polar surface area (TPSA) is 0 Å². The van der Waals surface area contributed by atoms with Crippen molar-refractivity contribution >= 4 is 19.8 Å². The van der Waals surface area contributed by atoms with E-state index in [0.717, 1.165) is 0 Å². The summed E-state index contributed by atoms with van der Waals surface area (Å²) in [6.07, 6.45) is 5.76. The van der Waals surface area contributed by atoms with Crippen LogP contribution in [-0.2, 0) is 0 Å². The molecule has 0 aromatic heterocycles. The van der Waals surface area contributed by atoms with Crippen LogP contribution in [0.15, 0.2) is 66.1 Å². The van der Waals surface area contributed by atoms with E-state index in [1.807, 2.05) is 18.2 Å².